The summed E-state index contributed by atoms with van der Waals surface area (Å²) in [5, 5.41) is 3.42. The van der Waals surface area contributed by atoms with Crippen molar-refractivity contribution in [3.05, 3.63) is 0 Å². The summed E-state index contributed by atoms with van der Waals surface area (Å²) in [4.78, 5) is 5.09. The second-order valence-electron chi connectivity index (χ2n) is 6.53. The largest absolute Gasteiger partial charge is 0.376 e. The fourth-order valence-corrected chi connectivity index (χ4v) is 3.51. The van der Waals surface area contributed by atoms with E-state index < -0.39 is 0 Å². The highest BCUT2D eigenvalue weighted by Gasteiger charge is 2.35. The van der Waals surface area contributed by atoms with E-state index in [4.69, 9.17) is 4.74 Å². The van der Waals surface area contributed by atoms with Gasteiger partial charge in [0, 0.05) is 44.3 Å². The number of hydrogen-bond donors (Lipinski definition) is 1. The Morgan fingerprint density at radius 2 is 2.17 bits per heavy atom. The molecule has 4 heteroatoms. The van der Waals surface area contributed by atoms with Crippen LogP contribution in [0, 0.1) is 0 Å². The number of piperazine rings is 1. The number of nitrogens with zero attached hydrogens (tertiary/aromatic N) is 2. The van der Waals surface area contributed by atoms with Gasteiger partial charge >= 0.3 is 0 Å². The minimum atomic E-state index is 0.272. The molecule has 2 saturated heterocycles. The molecule has 1 N–H and O–H groups in total. The quantitative estimate of drug-likeness (QED) is 0.806. The summed E-state index contributed by atoms with van der Waals surface area (Å²) in [5.41, 5.74) is 0.272. The van der Waals surface area contributed by atoms with Gasteiger partial charge in [-0.15, -0.1) is 0 Å². The molecule has 2 atom stereocenters. The van der Waals surface area contributed by atoms with Crippen LogP contribution in [0.3, 0.4) is 0 Å². The molecule has 0 aromatic rings. The van der Waals surface area contributed by atoms with Crippen LogP contribution >= 0.6 is 0 Å². The average Bonchev–Trinajstić information content (AvgIpc) is 2.28. The SMILES string of the molecule is CC(CC1CNCCO1)N1CCN(C)CC1(C)C. The first-order valence-electron chi connectivity index (χ1n) is 7.26. The smallest absolute Gasteiger partial charge is 0.0714 e. The molecule has 18 heavy (non-hydrogen) atoms. The molecule has 0 aromatic heterocycles. The van der Waals surface area contributed by atoms with Crippen LogP contribution in [0.25, 0.3) is 0 Å². The van der Waals surface area contributed by atoms with E-state index in [1.165, 1.54) is 13.1 Å². The van der Waals surface area contributed by atoms with E-state index in [1.54, 1.807) is 0 Å². The standard InChI is InChI=1S/C14H29N3O/c1-12(9-13-10-15-5-8-18-13)17-7-6-16(4)11-14(17,2)3/h12-13,15H,5-11H2,1-4H3. The lowest BCUT2D eigenvalue weighted by atomic mass is 9.95. The third kappa shape index (κ3) is 3.44. The lowest BCUT2D eigenvalue weighted by Gasteiger charge is -2.49. The molecule has 4 nitrogen and oxygen atoms in total. The first-order chi connectivity index (χ1) is 8.49. The van der Waals surface area contributed by atoms with Crippen molar-refractivity contribution < 1.29 is 4.74 Å². The summed E-state index contributed by atoms with van der Waals surface area (Å²) in [7, 11) is 2.22. The molecule has 2 aliphatic rings. The summed E-state index contributed by atoms with van der Waals surface area (Å²) < 4.78 is 5.83. The van der Waals surface area contributed by atoms with Gasteiger partial charge in [-0.05, 0) is 34.2 Å². The summed E-state index contributed by atoms with van der Waals surface area (Å²) >= 11 is 0. The van der Waals surface area contributed by atoms with E-state index in [9.17, 15) is 0 Å². The van der Waals surface area contributed by atoms with Crippen LogP contribution in [0.5, 0.6) is 0 Å². The molecule has 0 radical (unpaired) electrons. The van der Waals surface area contributed by atoms with Gasteiger partial charge in [0.1, 0.15) is 0 Å². The van der Waals surface area contributed by atoms with Gasteiger partial charge in [-0.25, -0.2) is 0 Å². The maximum Gasteiger partial charge on any atom is 0.0714 e. The van der Waals surface area contributed by atoms with Crippen LogP contribution in [0.1, 0.15) is 27.2 Å². The lowest BCUT2D eigenvalue weighted by Crippen LogP contribution is -2.61. The van der Waals surface area contributed by atoms with E-state index in [1.807, 2.05) is 0 Å². The summed E-state index contributed by atoms with van der Waals surface area (Å²) in [6, 6.07) is 0.596. The Morgan fingerprint density at radius 1 is 1.39 bits per heavy atom. The fraction of sp³-hybridized carbons (Fsp3) is 1.00. The maximum atomic E-state index is 5.83. The number of hydrogen-bond acceptors (Lipinski definition) is 4. The van der Waals surface area contributed by atoms with Crippen molar-refractivity contribution in [2.45, 2.75) is 44.9 Å². The minimum Gasteiger partial charge on any atom is -0.376 e. The Bertz CT molecular complexity index is 264. The van der Waals surface area contributed by atoms with Gasteiger partial charge in [0.25, 0.3) is 0 Å². The summed E-state index contributed by atoms with van der Waals surface area (Å²) in [5.74, 6) is 0. The zero-order chi connectivity index (χ0) is 13.2. The van der Waals surface area contributed by atoms with E-state index >= 15 is 0 Å². The molecule has 2 heterocycles. The highest BCUT2D eigenvalue weighted by molar-refractivity contribution is 4.92. The molecule has 2 unspecified atom stereocenters. The van der Waals surface area contributed by atoms with Gasteiger partial charge in [0.15, 0.2) is 0 Å². The highest BCUT2D eigenvalue weighted by Crippen LogP contribution is 2.25. The summed E-state index contributed by atoms with van der Waals surface area (Å²) in [6.07, 6.45) is 1.53. The fourth-order valence-electron chi connectivity index (χ4n) is 3.51. The van der Waals surface area contributed by atoms with Crippen LogP contribution < -0.4 is 5.32 Å². The Hall–Kier alpha value is -0.160. The van der Waals surface area contributed by atoms with Crippen molar-refractivity contribution >= 4 is 0 Å². The number of nitrogens with one attached hydrogen (secondary N) is 1. The zero-order valence-corrected chi connectivity index (χ0v) is 12.4. The maximum absolute atomic E-state index is 5.83. The normalized spacial score (nSPS) is 32.3. The van der Waals surface area contributed by atoms with Crippen molar-refractivity contribution in [2.24, 2.45) is 0 Å². The van der Waals surface area contributed by atoms with Gasteiger partial charge in [-0.2, -0.15) is 0 Å². The average molecular weight is 255 g/mol. The Morgan fingerprint density at radius 3 is 2.78 bits per heavy atom. The molecule has 106 valence electrons. The van der Waals surface area contributed by atoms with Crippen LogP contribution in [0.15, 0.2) is 0 Å². The second-order valence-corrected chi connectivity index (χ2v) is 6.53. The van der Waals surface area contributed by atoms with Crippen molar-refractivity contribution in [3.63, 3.8) is 0 Å². The predicted molar refractivity (Wildman–Crippen MR) is 75.0 cm³/mol. The van der Waals surface area contributed by atoms with Crippen molar-refractivity contribution in [1.29, 1.82) is 0 Å². The minimum absolute atomic E-state index is 0.272. The van der Waals surface area contributed by atoms with Crippen molar-refractivity contribution in [3.8, 4) is 0 Å². The van der Waals surface area contributed by atoms with Gasteiger partial charge in [-0.1, -0.05) is 0 Å². The Balaban J connectivity index is 1.89. The molecule has 2 fully saturated rings. The molecule has 2 aliphatic heterocycles. The first kappa shape index (κ1) is 14.3. The van der Waals surface area contributed by atoms with Gasteiger partial charge in [0.05, 0.1) is 12.7 Å². The molecule has 2 rings (SSSR count). The molecule has 0 aromatic carbocycles. The Kier molecular flexibility index (Phi) is 4.64. The molecule has 0 aliphatic carbocycles. The molecule has 0 spiro atoms. The van der Waals surface area contributed by atoms with Crippen LogP contribution in [0.2, 0.25) is 0 Å². The number of rotatable bonds is 3. The van der Waals surface area contributed by atoms with Crippen LogP contribution in [-0.2, 0) is 4.74 Å². The number of morpholine rings is 1. The molecule has 0 amide bonds. The van der Waals surface area contributed by atoms with Crippen LogP contribution in [-0.4, -0.2) is 73.9 Å². The topological polar surface area (TPSA) is 27.7 Å². The second kappa shape index (κ2) is 5.87. The number of ether oxygens (including phenoxy) is 1. The molecule has 0 bridgehead atoms. The molecular weight excluding hydrogens is 226 g/mol. The monoisotopic (exact) mass is 255 g/mol. The zero-order valence-electron chi connectivity index (χ0n) is 12.4. The number of likely N-dealkylation sites (N-methyl/N-ethyl adjacent to an activating group) is 1. The van der Waals surface area contributed by atoms with E-state index in [2.05, 4.69) is 42.9 Å². The third-order valence-corrected chi connectivity index (χ3v) is 4.30. The van der Waals surface area contributed by atoms with Gasteiger partial charge < -0.3 is 15.0 Å². The van der Waals surface area contributed by atoms with Crippen LogP contribution in [0.4, 0.5) is 0 Å². The van der Waals surface area contributed by atoms with Crippen molar-refractivity contribution in [1.82, 2.24) is 15.1 Å². The van der Waals surface area contributed by atoms with Crippen molar-refractivity contribution in [2.75, 3.05) is 46.4 Å². The molecule has 0 saturated carbocycles. The lowest BCUT2D eigenvalue weighted by molar-refractivity contribution is -0.0336. The van der Waals surface area contributed by atoms with E-state index in [0.717, 1.165) is 32.7 Å². The predicted octanol–water partition coefficient (Wildman–Crippen LogP) is 0.779. The highest BCUT2D eigenvalue weighted by atomic mass is 16.5. The first-order valence-corrected chi connectivity index (χ1v) is 7.26. The molecular formula is C14H29N3O. The van der Waals surface area contributed by atoms with E-state index in [-0.39, 0.29) is 5.54 Å². The van der Waals surface area contributed by atoms with Gasteiger partial charge in [-0.3, -0.25) is 4.90 Å². The summed E-state index contributed by atoms with van der Waals surface area (Å²) in [6.45, 7) is 13.5. The third-order valence-electron chi connectivity index (χ3n) is 4.30. The Labute approximate surface area is 112 Å². The van der Waals surface area contributed by atoms with E-state index in [0.29, 0.717) is 12.1 Å². The van der Waals surface area contributed by atoms with Gasteiger partial charge in [0.2, 0.25) is 0 Å².